The van der Waals surface area contributed by atoms with Crippen LogP contribution in [0.15, 0.2) is 6.07 Å². The maximum Gasteiger partial charge on any atom is 0.348 e. The van der Waals surface area contributed by atoms with E-state index < -0.39 is 13.3 Å². The van der Waals surface area contributed by atoms with E-state index in [1.165, 1.54) is 18.4 Å². The van der Waals surface area contributed by atoms with Crippen molar-refractivity contribution in [1.82, 2.24) is 0 Å². The first-order valence-corrected chi connectivity index (χ1v) is 13.2. The Morgan fingerprint density at radius 1 is 1.28 bits per heavy atom. The Bertz CT molecular complexity index is 789. The Kier molecular flexibility index (Phi) is 7.74. The van der Waals surface area contributed by atoms with Gasteiger partial charge in [0.25, 0.3) is 0 Å². The van der Waals surface area contributed by atoms with E-state index in [4.69, 9.17) is 4.52 Å². The summed E-state index contributed by atoms with van der Waals surface area (Å²) in [4.78, 5) is 28.0. The normalized spacial score (nSPS) is 22.1. The number of carbonyl (C=O) groups excluding carboxylic acids is 1. The van der Waals surface area contributed by atoms with Crippen molar-refractivity contribution in [1.29, 1.82) is 0 Å². The van der Waals surface area contributed by atoms with Crippen molar-refractivity contribution in [2.24, 2.45) is 11.8 Å². The lowest BCUT2D eigenvalue weighted by Gasteiger charge is -2.31. The first kappa shape index (κ1) is 24.1. The summed E-state index contributed by atoms with van der Waals surface area (Å²) in [7, 11) is -1.44. The van der Waals surface area contributed by atoms with E-state index in [1.807, 2.05) is 26.8 Å². The summed E-state index contributed by atoms with van der Waals surface area (Å²) in [5.74, 6) is -0.611. The van der Waals surface area contributed by atoms with Crippen LogP contribution in [0.5, 0.6) is 0 Å². The Hall–Kier alpha value is -1.17. The monoisotopic (exact) mass is 443 g/mol. The van der Waals surface area contributed by atoms with Gasteiger partial charge in [-0.2, -0.15) is 0 Å². The molecule has 2 rings (SSSR count). The Morgan fingerprint density at radius 2 is 1.86 bits per heavy atom. The van der Waals surface area contributed by atoms with E-state index >= 15 is 0 Å². The summed E-state index contributed by atoms with van der Waals surface area (Å²) >= 11 is 1.21. The highest BCUT2D eigenvalue weighted by Crippen LogP contribution is 2.43. The number of aromatic carboxylic acids is 1. The smallest absolute Gasteiger partial charge is 0.348 e. The highest BCUT2D eigenvalue weighted by molar-refractivity contribution is 7.58. The molecule has 1 heterocycles. The summed E-state index contributed by atoms with van der Waals surface area (Å²) in [6.07, 6.45) is 3.80. The average molecular weight is 444 g/mol. The first-order valence-electron chi connectivity index (χ1n) is 10.2. The van der Waals surface area contributed by atoms with E-state index in [2.05, 4.69) is 6.92 Å². The van der Waals surface area contributed by atoms with E-state index in [1.54, 1.807) is 11.6 Å². The van der Waals surface area contributed by atoms with Gasteiger partial charge in [-0.25, -0.2) is 4.79 Å². The van der Waals surface area contributed by atoms with Gasteiger partial charge in [-0.1, -0.05) is 27.7 Å². The molecule has 8 heteroatoms. The van der Waals surface area contributed by atoms with Crippen LogP contribution in [0.4, 0.5) is 5.69 Å². The lowest BCUT2D eigenvalue weighted by Crippen LogP contribution is -2.40. The predicted molar refractivity (Wildman–Crippen MR) is 119 cm³/mol. The molecule has 1 aromatic heterocycles. The molecule has 0 aliphatic heterocycles. The van der Waals surface area contributed by atoms with Crippen molar-refractivity contribution in [2.75, 3.05) is 31.4 Å². The maximum atomic E-state index is 13.5. The summed E-state index contributed by atoms with van der Waals surface area (Å²) < 4.78 is 17.6. The zero-order chi connectivity index (χ0) is 22.0. The topological polar surface area (TPSA) is 83.9 Å². The number of carboxylic acid groups (broad SMARTS) is 1. The number of carboxylic acids is 1. The van der Waals surface area contributed by atoms with Crippen LogP contribution in [0, 0.1) is 11.8 Å². The SMILES string of the molecule is COP(C)(=O)CCN(c1cc(C(C)(C)C)sc1C(=O)O)C(=O)[C@H]1CC[C@H](C)CC1. The fraction of sp³-hybridized carbons (Fsp3) is 0.714. The molecule has 1 unspecified atom stereocenters. The maximum absolute atomic E-state index is 13.5. The molecule has 1 amide bonds. The van der Waals surface area contributed by atoms with Crippen molar-refractivity contribution in [3.05, 3.63) is 15.8 Å². The van der Waals surface area contributed by atoms with Crippen LogP contribution in [-0.4, -0.2) is 43.5 Å². The highest BCUT2D eigenvalue weighted by atomic mass is 32.1. The Balaban J connectivity index is 2.43. The molecular formula is C21H34NO5PS. The molecule has 1 aliphatic carbocycles. The minimum Gasteiger partial charge on any atom is -0.477 e. The predicted octanol–water partition coefficient (Wildman–Crippen LogP) is 5.46. The number of anilines is 1. The number of amides is 1. The van der Waals surface area contributed by atoms with Gasteiger partial charge in [0.15, 0.2) is 0 Å². The van der Waals surface area contributed by atoms with Crippen molar-refractivity contribution in [2.45, 2.75) is 58.8 Å². The average Bonchev–Trinajstić information content (AvgIpc) is 3.08. The standard InChI is InChI=1S/C21H34NO5PS/c1-14-7-9-15(10-8-14)19(23)22(11-12-28(6,26)27-5)16-13-17(21(2,3)4)29-18(16)20(24)25/h13-15H,7-12H2,1-6H3,(H,24,25)/t14-,15-,28?. The number of thiophene rings is 1. The van der Waals surface area contributed by atoms with Crippen LogP contribution >= 0.6 is 18.7 Å². The Morgan fingerprint density at radius 3 is 2.34 bits per heavy atom. The van der Waals surface area contributed by atoms with E-state index in [0.717, 1.165) is 30.6 Å². The lowest BCUT2D eigenvalue weighted by molar-refractivity contribution is -0.123. The van der Waals surface area contributed by atoms with Gasteiger partial charge in [0.05, 0.1) is 5.69 Å². The minimum absolute atomic E-state index is 0.0613. The van der Waals surface area contributed by atoms with Gasteiger partial charge in [0.2, 0.25) is 13.3 Å². The van der Waals surface area contributed by atoms with E-state index in [-0.39, 0.29) is 34.8 Å². The van der Waals surface area contributed by atoms with Crippen LogP contribution in [0.25, 0.3) is 0 Å². The summed E-state index contributed by atoms with van der Waals surface area (Å²) in [5.41, 5.74) is 0.196. The van der Waals surface area contributed by atoms with Crippen LogP contribution < -0.4 is 4.90 Å². The molecule has 0 saturated heterocycles. The molecule has 0 aromatic carbocycles. The van der Waals surface area contributed by atoms with E-state index in [0.29, 0.717) is 11.6 Å². The molecule has 6 nitrogen and oxygen atoms in total. The fourth-order valence-corrected chi connectivity index (χ4v) is 5.36. The van der Waals surface area contributed by atoms with Crippen molar-refractivity contribution < 1.29 is 23.8 Å². The Labute approximate surface area is 178 Å². The van der Waals surface area contributed by atoms with Gasteiger partial charge >= 0.3 is 5.97 Å². The summed E-state index contributed by atoms with van der Waals surface area (Å²) in [6.45, 7) is 10.00. The van der Waals surface area contributed by atoms with Crippen molar-refractivity contribution >= 4 is 36.3 Å². The number of hydrogen-bond donors (Lipinski definition) is 1. The summed E-state index contributed by atoms with van der Waals surface area (Å²) in [6, 6.07) is 1.82. The van der Waals surface area contributed by atoms with E-state index in [9.17, 15) is 19.3 Å². The third-order valence-electron chi connectivity index (χ3n) is 5.68. The molecule has 1 N–H and O–H groups in total. The summed E-state index contributed by atoms with van der Waals surface area (Å²) in [5, 5.41) is 9.79. The molecule has 0 bridgehead atoms. The van der Waals surface area contributed by atoms with Crippen molar-refractivity contribution in [3.63, 3.8) is 0 Å². The lowest BCUT2D eigenvalue weighted by atomic mass is 9.82. The molecule has 1 saturated carbocycles. The van der Waals surface area contributed by atoms with Gasteiger partial charge in [0, 0.05) is 37.3 Å². The number of nitrogens with zero attached hydrogens (tertiary/aromatic N) is 1. The fourth-order valence-electron chi connectivity index (χ4n) is 3.55. The number of carbonyl (C=O) groups is 2. The minimum atomic E-state index is -2.84. The van der Waals surface area contributed by atoms with Gasteiger partial charge in [0.1, 0.15) is 4.88 Å². The molecule has 1 atom stereocenters. The van der Waals surface area contributed by atoms with Crippen molar-refractivity contribution in [3.8, 4) is 0 Å². The molecule has 1 aliphatic rings. The van der Waals surface area contributed by atoms with Gasteiger partial charge in [-0.3, -0.25) is 9.36 Å². The molecule has 1 aromatic rings. The zero-order valence-corrected chi connectivity index (χ0v) is 20.1. The van der Waals surface area contributed by atoms with Crippen LogP contribution in [0.1, 0.15) is 67.9 Å². The molecule has 1 fully saturated rings. The quantitative estimate of drug-likeness (QED) is 0.566. The number of hydrogen-bond acceptors (Lipinski definition) is 5. The third-order valence-corrected chi connectivity index (χ3v) is 9.01. The second-order valence-corrected chi connectivity index (χ2v) is 13.1. The van der Waals surface area contributed by atoms with Gasteiger partial charge in [-0.15, -0.1) is 11.3 Å². The molecular weight excluding hydrogens is 409 g/mol. The largest absolute Gasteiger partial charge is 0.477 e. The second kappa shape index (κ2) is 9.32. The molecule has 0 spiro atoms. The van der Waals surface area contributed by atoms with Crippen LogP contribution in [-0.2, 0) is 19.3 Å². The molecule has 164 valence electrons. The first-order chi connectivity index (χ1) is 13.4. The third kappa shape index (κ3) is 6.16. The molecule has 0 radical (unpaired) electrons. The van der Waals surface area contributed by atoms with Crippen LogP contribution in [0.3, 0.4) is 0 Å². The zero-order valence-electron chi connectivity index (χ0n) is 18.4. The second-order valence-electron chi connectivity index (χ2n) is 9.25. The molecule has 29 heavy (non-hydrogen) atoms. The highest BCUT2D eigenvalue weighted by Gasteiger charge is 2.34. The van der Waals surface area contributed by atoms with Crippen LogP contribution in [0.2, 0.25) is 0 Å². The number of rotatable bonds is 7. The van der Waals surface area contributed by atoms with Gasteiger partial charge < -0.3 is 14.5 Å². The van der Waals surface area contributed by atoms with Gasteiger partial charge in [-0.05, 0) is 43.1 Å².